The van der Waals surface area contributed by atoms with E-state index in [1.54, 1.807) is 13.1 Å². The molecule has 0 radical (unpaired) electrons. The molecule has 134 valence electrons. The van der Waals surface area contributed by atoms with Crippen molar-refractivity contribution in [2.45, 2.75) is 19.4 Å². The van der Waals surface area contributed by atoms with E-state index in [2.05, 4.69) is 15.6 Å². The normalized spacial score (nSPS) is 17.7. The lowest BCUT2D eigenvalue weighted by molar-refractivity contribution is 0.275. The Balaban J connectivity index is 1.74. The van der Waals surface area contributed by atoms with Gasteiger partial charge in [-0.15, -0.1) is 0 Å². The van der Waals surface area contributed by atoms with E-state index in [0.29, 0.717) is 31.5 Å². The van der Waals surface area contributed by atoms with Crippen LogP contribution in [0.5, 0.6) is 0 Å². The second kappa shape index (κ2) is 8.43. The van der Waals surface area contributed by atoms with E-state index < -0.39 is 10.0 Å². The Morgan fingerprint density at radius 3 is 2.62 bits per heavy atom. The van der Waals surface area contributed by atoms with Crippen LogP contribution in [0.15, 0.2) is 29.3 Å². The topological polar surface area (TPSA) is 73.8 Å². The van der Waals surface area contributed by atoms with Gasteiger partial charge in [0.15, 0.2) is 5.96 Å². The quantitative estimate of drug-likeness (QED) is 0.613. The molecule has 8 heteroatoms. The number of sulfonamides is 1. The van der Waals surface area contributed by atoms with Gasteiger partial charge in [-0.05, 0) is 36.5 Å². The second-order valence-electron chi connectivity index (χ2n) is 6.04. The minimum Gasteiger partial charge on any atom is -0.356 e. The minimum absolute atomic E-state index is 0.255. The third-order valence-electron chi connectivity index (χ3n) is 4.17. The first-order valence-electron chi connectivity index (χ1n) is 8.02. The summed E-state index contributed by atoms with van der Waals surface area (Å²) in [7, 11) is -1.39. The van der Waals surface area contributed by atoms with Gasteiger partial charge in [0.2, 0.25) is 10.0 Å². The molecule has 0 aliphatic carbocycles. The molecule has 24 heavy (non-hydrogen) atoms. The third kappa shape index (κ3) is 5.76. The summed E-state index contributed by atoms with van der Waals surface area (Å²) in [5, 5.41) is 6.41. The molecular formula is C16H25FN4O2S. The molecule has 0 atom stereocenters. The molecular weight excluding hydrogens is 331 g/mol. The van der Waals surface area contributed by atoms with E-state index in [1.165, 1.54) is 22.7 Å². The van der Waals surface area contributed by atoms with Gasteiger partial charge in [0.05, 0.1) is 6.26 Å². The fourth-order valence-electron chi connectivity index (χ4n) is 2.74. The maximum atomic E-state index is 13.2. The molecule has 1 aliphatic heterocycles. The first-order chi connectivity index (χ1) is 11.4. The molecule has 1 aliphatic rings. The highest BCUT2D eigenvalue weighted by Crippen LogP contribution is 2.18. The number of hydrogen-bond donors (Lipinski definition) is 2. The van der Waals surface area contributed by atoms with Crippen LogP contribution >= 0.6 is 0 Å². The van der Waals surface area contributed by atoms with Crippen LogP contribution in [-0.4, -0.2) is 51.6 Å². The van der Waals surface area contributed by atoms with Crippen LogP contribution in [0.25, 0.3) is 0 Å². The lowest BCUT2D eigenvalue weighted by atomic mass is 9.98. The van der Waals surface area contributed by atoms with Crippen molar-refractivity contribution in [1.82, 2.24) is 14.9 Å². The average molecular weight is 356 g/mol. The average Bonchev–Trinajstić information content (AvgIpc) is 2.55. The van der Waals surface area contributed by atoms with Crippen LogP contribution in [-0.2, 0) is 16.6 Å². The number of guanidine groups is 1. The van der Waals surface area contributed by atoms with E-state index >= 15 is 0 Å². The Morgan fingerprint density at radius 2 is 2.04 bits per heavy atom. The third-order valence-corrected chi connectivity index (χ3v) is 5.48. The van der Waals surface area contributed by atoms with Gasteiger partial charge in [-0.3, -0.25) is 4.99 Å². The molecule has 2 rings (SSSR count). The second-order valence-corrected chi connectivity index (χ2v) is 8.02. The lowest BCUT2D eigenvalue weighted by Crippen LogP contribution is -2.43. The Hall–Kier alpha value is -1.67. The number of aliphatic imine (C=N–C) groups is 1. The first kappa shape index (κ1) is 18.7. The van der Waals surface area contributed by atoms with Crippen LogP contribution < -0.4 is 10.6 Å². The number of piperidine rings is 1. The zero-order valence-corrected chi connectivity index (χ0v) is 14.9. The fraction of sp³-hybridized carbons (Fsp3) is 0.562. The Kier molecular flexibility index (Phi) is 6.56. The Labute approximate surface area is 143 Å². The van der Waals surface area contributed by atoms with Crippen LogP contribution in [0.2, 0.25) is 0 Å². The molecule has 1 saturated heterocycles. The summed E-state index contributed by atoms with van der Waals surface area (Å²) in [5.41, 5.74) is 0.847. The zero-order valence-electron chi connectivity index (χ0n) is 14.1. The van der Waals surface area contributed by atoms with Crippen LogP contribution in [0.1, 0.15) is 18.4 Å². The predicted octanol–water partition coefficient (Wildman–Crippen LogP) is 1.16. The molecule has 6 nitrogen and oxygen atoms in total. The minimum atomic E-state index is -3.08. The van der Waals surface area contributed by atoms with Crippen molar-refractivity contribution in [2.24, 2.45) is 10.9 Å². The molecule has 0 bridgehead atoms. The van der Waals surface area contributed by atoms with E-state index in [1.807, 2.05) is 6.07 Å². The number of benzene rings is 1. The van der Waals surface area contributed by atoms with Crippen molar-refractivity contribution in [3.05, 3.63) is 35.6 Å². The summed E-state index contributed by atoms with van der Waals surface area (Å²) in [6.45, 7) is 2.37. The number of nitrogens with zero attached hydrogens (tertiary/aromatic N) is 2. The van der Waals surface area contributed by atoms with Crippen molar-refractivity contribution < 1.29 is 12.8 Å². The molecule has 1 aromatic carbocycles. The fourth-order valence-corrected chi connectivity index (χ4v) is 3.61. The monoisotopic (exact) mass is 356 g/mol. The molecule has 2 N–H and O–H groups in total. The standard InChI is InChI=1S/C16H25FN4O2S/c1-18-16(20-12-14-4-3-5-15(17)10-14)19-11-13-6-8-21(9-7-13)24(2,22)23/h3-5,10,13H,6-9,11-12H2,1-2H3,(H2,18,19,20). The molecule has 1 heterocycles. The smallest absolute Gasteiger partial charge is 0.211 e. The number of hydrogen-bond acceptors (Lipinski definition) is 3. The number of halogens is 1. The van der Waals surface area contributed by atoms with Crippen LogP contribution in [0.4, 0.5) is 4.39 Å². The molecule has 0 spiro atoms. The highest BCUT2D eigenvalue weighted by atomic mass is 32.2. The van der Waals surface area contributed by atoms with Crippen molar-refractivity contribution in [1.29, 1.82) is 0 Å². The summed E-state index contributed by atoms with van der Waals surface area (Å²) in [6, 6.07) is 6.43. The van der Waals surface area contributed by atoms with Gasteiger partial charge in [0, 0.05) is 33.2 Å². The SMILES string of the molecule is CN=C(NCc1cccc(F)c1)NCC1CCN(S(C)(=O)=O)CC1. The number of rotatable bonds is 5. The summed E-state index contributed by atoms with van der Waals surface area (Å²) in [4.78, 5) is 4.16. The van der Waals surface area contributed by atoms with Gasteiger partial charge in [0.25, 0.3) is 0 Å². The Bertz CT molecular complexity index is 670. The maximum absolute atomic E-state index is 13.2. The van der Waals surface area contributed by atoms with Gasteiger partial charge < -0.3 is 10.6 Å². The summed E-state index contributed by atoms with van der Waals surface area (Å²) in [6.07, 6.45) is 2.92. The van der Waals surface area contributed by atoms with Crippen molar-refractivity contribution in [3.8, 4) is 0 Å². The molecule has 1 aromatic rings. The summed E-state index contributed by atoms with van der Waals surface area (Å²) < 4.78 is 37.7. The van der Waals surface area contributed by atoms with Crippen LogP contribution in [0, 0.1) is 11.7 Å². The van der Waals surface area contributed by atoms with Gasteiger partial charge in [-0.1, -0.05) is 12.1 Å². The van der Waals surface area contributed by atoms with Crippen molar-refractivity contribution >= 4 is 16.0 Å². The largest absolute Gasteiger partial charge is 0.356 e. The lowest BCUT2D eigenvalue weighted by Gasteiger charge is -2.30. The van der Waals surface area contributed by atoms with E-state index in [0.717, 1.165) is 24.9 Å². The van der Waals surface area contributed by atoms with Gasteiger partial charge in [-0.25, -0.2) is 17.1 Å². The molecule has 1 fully saturated rings. The first-order valence-corrected chi connectivity index (χ1v) is 9.87. The predicted molar refractivity (Wildman–Crippen MR) is 93.7 cm³/mol. The molecule has 0 unspecified atom stereocenters. The van der Waals surface area contributed by atoms with Crippen LogP contribution in [0.3, 0.4) is 0 Å². The molecule has 0 amide bonds. The van der Waals surface area contributed by atoms with Gasteiger partial charge >= 0.3 is 0 Å². The summed E-state index contributed by atoms with van der Waals surface area (Å²) >= 11 is 0. The van der Waals surface area contributed by atoms with E-state index in [-0.39, 0.29) is 5.82 Å². The number of nitrogens with one attached hydrogen (secondary N) is 2. The van der Waals surface area contributed by atoms with Crippen molar-refractivity contribution in [2.75, 3.05) is 32.9 Å². The van der Waals surface area contributed by atoms with E-state index in [4.69, 9.17) is 0 Å². The highest BCUT2D eigenvalue weighted by molar-refractivity contribution is 7.88. The molecule has 0 aromatic heterocycles. The van der Waals surface area contributed by atoms with Gasteiger partial charge in [-0.2, -0.15) is 0 Å². The zero-order chi connectivity index (χ0) is 17.6. The highest BCUT2D eigenvalue weighted by Gasteiger charge is 2.24. The Morgan fingerprint density at radius 1 is 1.33 bits per heavy atom. The van der Waals surface area contributed by atoms with Crippen molar-refractivity contribution in [3.63, 3.8) is 0 Å². The molecule has 0 saturated carbocycles. The summed E-state index contributed by atoms with van der Waals surface area (Å²) in [5.74, 6) is 0.815. The van der Waals surface area contributed by atoms with Gasteiger partial charge in [0.1, 0.15) is 5.82 Å². The maximum Gasteiger partial charge on any atom is 0.211 e. The van der Waals surface area contributed by atoms with E-state index in [9.17, 15) is 12.8 Å².